The zero-order valence-electron chi connectivity index (χ0n) is 13.0. The van der Waals surface area contributed by atoms with E-state index in [2.05, 4.69) is 23.4 Å². The SMILES string of the molecule is CN(Cc1ccccc1CC(=O)NN)C1CCCCCC1. The van der Waals surface area contributed by atoms with Crippen LogP contribution in [-0.2, 0) is 17.8 Å². The van der Waals surface area contributed by atoms with Gasteiger partial charge in [0.15, 0.2) is 0 Å². The Hall–Kier alpha value is -1.39. The average Bonchev–Trinajstić information content (AvgIpc) is 2.78. The van der Waals surface area contributed by atoms with Gasteiger partial charge in [0.25, 0.3) is 0 Å². The van der Waals surface area contributed by atoms with Crippen LogP contribution in [0, 0.1) is 0 Å². The van der Waals surface area contributed by atoms with Crippen molar-refractivity contribution in [1.29, 1.82) is 0 Å². The molecule has 0 radical (unpaired) electrons. The summed E-state index contributed by atoms with van der Waals surface area (Å²) in [6, 6.07) is 8.83. The fraction of sp³-hybridized carbons (Fsp3) is 0.588. The van der Waals surface area contributed by atoms with Gasteiger partial charge in [0.2, 0.25) is 5.91 Å². The van der Waals surface area contributed by atoms with Crippen LogP contribution in [0.1, 0.15) is 49.7 Å². The number of nitrogens with zero attached hydrogens (tertiary/aromatic N) is 1. The molecule has 1 aromatic rings. The third-order valence-electron chi connectivity index (χ3n) is 4.50. The van der Waals surface area contributed by atoms with Crippen molar-refractivity contribution in [2.24, 2.45) is 5.84 Å². The number of nitrogens with two attached hydrogens (primary N) is 1. The number of carbonyl (C=O) groups excluding carboxylic acids is 1. The molecule has 1 fully saturated rings. The quantitative estimate of drug-likeness (QED) is 0.379. The summed E-state index contributed by atoms with van der Waals surface area (Å²) in [6.07, 6.45) is 8.36. The Labute approximate surface area is 127 Å². The van der Waals surface area contributed by atoms with Gasteiger partial charge in [0.1, 0.15) is 0 Å². The predicted octanol–water partition coefficient (Wildman–Crippen LogP) is 2.37. The lowest BCUT2D eigenvalue weighted by atomic mass is 10.0. The molecule has 0 heterocycles. The molecule has 0 aliphatic heterocycles. The second kappa shape index (κ2) is 8.15. The Morgan fingerprint density at radius 2 is 1.81 bits per heavy atom. The van der Waals surface area contributed by atoms with Crippen LogP contribution in [0.15, 0.2) is 24.3 Å². The van der Waals surface area contributed by atoms with Crippen LogP contribution < -0.4 is 11.3 Å². The van der Waals surface area contributed by atoms with Crippen LogP contribution in [0.25, 0.3) is 0 Å². The molecule has 3 N–H and O–H groups in total. The van der Waals surface area contributed by atoms with E-state index in [0.29, 0.717) is 12.5 Å². The molecule has 0 aromatic heterocycles. The van der Waals surface area contributed by atoms with E-state index in [0.717, 1.165) is 12.1 Å². The minimum absolute atomic E-state index is 0.139. The molecular formula is C17H27N3O. The maximum Gasteiger partial charge on any atom is 0.238 e. The van der Waals surface area contributed by atoms with Crippen molar-refractivity contribution in [3.05, 3.63) is 35.4 Å². The van der Waals surface area contributed by atoms with Crippen LogP contribution in [0.4, 0.5) is 0 Å². The van der Waals surface area contributed by atoms with Gasteiger partial charge in [-0.3, -0.25) is 15.1 Å². The van der Waals surface area contributed by atoms with Gasteiger partial charge in [0.05, 0.1) is 6.42 Å². The largest absolute Gasteiger partial charge is 0.299 e. The molecule has 21 heavy (non-hydrogen) atoms. The van der Waals surface area contributed by atoms with E-state index >= 15 is 0 Å². The first kappa shape index (κ1) is 16.0. The molecule has 0 bridgehead atoms. The van der Waals surface area contributed by atoms with Gasteiger partial charge in [-0.15, -0.1) is 0 Å². The third-order valence-corrected chi connectivity index (χ3v) is 4.50. The summed E-state index contributed by atoms with van der Waals surface area (Å²) < 4.78 is 0. The van der Waals surface area contributed by atoms with Crippen molar-refractivity contribution in [2.75, 3.05) is 7.05 Å². The first-order valence-electron chi connectivity index (χ1n) is 7.97. The number of rotatable bonds is 5. The molecule has 4 heteroatoms. The second-order valence-corrected chi connectivity index (χ2v) is 6.07. The molecule has 1 aromatic carbocycles. The first-order valence-corrected chi connectivity index (χ1v) is 7.97. The number of amides is 1. The van der Waals surface area contributed by atoms with Gasteiger partial charge in [-0.1, -0.05) is 49.9 Å². The van der Waals surface area contributed by atoms with E-state index in [1.807, 2.05) is 18.2 Å². The van der Waals surface area contributed by atoms with E-state index in [4.69, 9.17) is 5.84 Å². The van der Waals surface area contributed by atoms with Crippen molar-refractivity contribution < 1.29 is 4.79 Å². The van der Waals surface area contributed by atoms with Crippen LogP contribution in [0.2, 0.25) is 0 Å². The van der Waals surface area contributed by atoms with Gasteiger partial charge in [-0.2, -0.15) is 0 Å². The third kappa shape index (κ3) is 4.83. The standard InChI is InChI=1S/C17H27N3O/c1-20(16-10-4-2-3-5-11-16)13-15-9-7-6-8-14(15)12-17(21)19-18/h6-9,16H,2-5,10-13,18H2,1H3,(H,19,21). The summed E-state index contributed by atoms with van der Waals surface area (Å²) >= 11 is 0. The number of hydrazine groups is 1. The Morgan fingerprint density at radius 1 is 1.19 bits per heavy atom. The minimum atomic E-state index is -0.139. The topological polar surface area (TPSA) is 58.4 Å². The van der Waals surface area contributed by atoms with E-state index in [9.17, 15) is 4.79 Å². The molecule has 0 atom stereocenters. The van der Waals surface area contributed by atoms with Crippen LogP contribution in [0.3, 0.4) is 0 Å². The molecule has 1 aliphatic rings. The molecule has 116 valence electrons. The van der Waals surface area contributed by atoms with Crippen LogP contribution in [0.5, 0.6) is 0 Å². The molecule has 0 saturated heterocycles. The van der Waals surface area contributed by atoms with Gasteiger partial charge >= 0.3 is 0 Å². The first-order chi connectivity index (χ1) is 10.2. The molecular weight excluding hydrogens is 262 g/mol. The highest BCUT2D eigenvalue weighted by molar-refractivity contribution is 5.78. The van der Waals surface area contributed by atoms with E-state index in [-0.39, 0.29) is 5.91 Å². The highest BCUT2D eigenvalue weighted by Gasteiger charge is 2.18. The molecule has 2 rings (SSSR count). The summed E-state index contributed by atoms with van der Waals surface area (Å²) in [4.78, 5) is 14.0. The van der Waals surface area contributed by atoms with E-state index in [1.54, 1.807) is 0 Å². The highest BCUT2D eigenvalue weighted by Crippen LogP contribution is 2.23. The Balaban J connectivity index is 2.02. The number of nitrogens with one attached hydrogen (secondary N) is 1. The summed E-state index contributed by atoms with van der Waals surface area (Å²) in [5.41, 5.74) is 4.51. The molecule has 1 amide bonds. The molecule has 4 nitrogen and oxygen atoms in total. The summed E-state index contributed by atoms with van der Waals surface area (Å²) in [5, 5.41) is 0. The Bertz CT molecular complexity index is 453. The number of hydrogen-bond donors (Lipinski definition) is 2. The van der Waals surface area contributed by atoms with Crippen molar-refractivity contribution in [3.8, 4) is 0 Å². The molecule has 1 aliphatic carbocycles. The van der Waals surface area contributed by atoms with Crippen molar-refractivity contribution >= 4 is 5.91 Å². The normalized spacial score (nSPS) is 16.7. The van der Waals surface area contributed by atoms with Crippen LogP contribution in [-0.4, -0.2) is 23.9 Å². The summed E-state index contributed by atoms with van der Waals surface area (Å²) in [5.74, 6) is 5.06. The smallest absolute Gasteiger partial charge is 0.238 e. The fourth-order valence-corrected chi connectivity index (χ4v) is 3.20. The summed E-state index contributed by atoms with van der Waals surface area (Å²) in [7, 11) is 2.20. The van der Waals surface area contributed by atoms with Crippen molar-refractivity contribution in [3.63, 3.8) is 0 Å². The van der Waals surface area contributed by atoms with Gasteiger partial charge in [-0.05, 0) is 31.0 Å². The highest BCUT2D eigenvalue weighted by atomic mass is 16.2. The lowest BCUT2D eigenvalue weighted by Gasteiger charge is -2.28. The predicted molar refractivity (Wildman–Crippen MR) is 85.4 cm³/mol. The van der Waals surface area contributed by atoms with Gasteiger partial charge in [0, 0.05) is 12.6 Å². The zero-order chi connectivity index (χ0) is 15.1. The number of carbonyl (C=O) groups is 1. The van der Waals surface area contributed by atoms with Gasteiger partial charge < -0.3 is 0 Å². The maximum atomic E-state index is 11.5. The zero-order valence-corrected chi connectivity index (χ0v) is 13.0. The van der Waals surface area contributed by atoms with Gasteiger partial charge in [-0.25, -0.2) is 5.84 Å². The fourth-order valence-electron chi connectivity index (χ4n) is 3.20. The lowest BCUT2D eigenvalue weighted by molar-refractivity contribution is -0.120. The monoisotopic (exact) mass is 289 g/mol. The van der Waals surface area contributed by atoms with Crippen molar-refractivity contribution in [2.45, 2.75) is 57.5 Å². The molecule has 0 unspecified atom stereocenters. The van der Waals surface area contributed by atoms with E-state index < -0.39 is 0 Å². The maximum absolute atomic E-state index is 11.5. The second-order valence-electron chi connectivity index (χ2n) is 6.07. The minimum Gasteiger partial charge on any atom is -0.299 e. The van der Waals surface area contributed by atoms with Crippen LogP contribution >= 0.6 is 0 Å². The average molecular weight is 289 g/mol. The Kier molecular flexibility index (Phi) is 6.21. The van der Waals surface area contributed by atoms with E-state index in [1.165, 1.54) is 44.1 Å². The number of benzene rings is 1. The summed E-state index contributed by atoms with van der Waals surface area (Å²) in [6.45, 7) is 0.901. The lowest BCUT2D eigenvalue weighted by Crippen LogP contribution is -2.33. The van der Waals surface area contributed by atoms with Crippen molar-refractivity contribution in [1.82, 2.24) is 10.3 Å². The molecule has 0 spiro atoms. The number of hydrogen-bond acceptors (Lipinski definition) is 3. The molecule has 1 saturated carbocycles. The Morgan fingerprint density at radius 3 is 2.43 bits per heavy atom.